The van der Waals surface area contributed by atoms with E-state index in [0.29, 0.717) is 18.6 Å². The van der Waals surface area contributed by atoms with Crippen LogP contribution >= 0.6 is 11.8 Å². The zero-order valence-corrected chi connectivity index (χ0v) is 12.5. The number of rotatable bonds is 6. The standard InChI is InChI=1S/C15H15N5S/c1-12-18-19-15(20(12)14-7-3-2-4-8-14)21-11-13(10-17)6-5-9-16/h2-4,7-8,13H,5-6,11H2,1H3/t13-/m0/s1. The molecule has 0 aliphatic carbocycles. The highest BCUT2D eigenvalue weighted by Gasteiger charge is 2.14. The van der Waals surface area contributed by atoms with E-state index < -0.39 is 0 Å². The molecule has 106 valence electrons. The number of benzene rings is 1. The quantitative estimate of drug-likeness (QED) is 0.765. The Morgan fingerprint density at radius 2 is 2.00 bits per heavy atom. The molecule has 0 spiro atoms. The minimum atomic E-state index is -0.143. The molecule has 0 radical (unpaired) electrons. The molecular formula is C15H15N5S. The second-order valence-electron chi connectivity index (χ2n) is 4.53. The number of nitriles is 2. The molecule has 0 saturated heterocycles. The molecule has 0 saturated carbocycles. The highest BCUT2D eigenvalue weighted by Crippen LogP contribution is 2.24. The van der Waals surface area contributed by atoms with Gasteiger partial charge in [-0.3, -0.25) is 4.57 Å². The van der Waals surface area contributed by atoms with E-state index in [0.717, 1.165) is 16.7 Å². The summed E-state index contributed by atoms with van der Waals surface area (Å²) in [6, 6.07) is 14.2. The van der Waals surface area contributed by atoms with Crippen LogP contribution in [0.3, 0.4) is 0 Å². The van der Waals surface area contributed by atoms with Gasteiger partial charge in [0.2, 0.25) is 0 Å². The molecule has 2 aromatic rings. The molecule has 1 aromatic heterocycles. The number of aryl methyl sites for hydroxylation is 1. The van der Waals surface area contributed by atoms with E-state index >= 15 is 0 Å². The van der Waals surface area contributed by atoms with Crippen LogP contribution in [0.1, 0.15) is 18.7 Å². The SMILES string of the molecule is Cc1nnc(SC[C@H](C#N)CCC#N)n1-c1ccccc1. The van der Waals surface area contributed by atoms with Crippen LogP contribution in [0.25, 0.3) is 5.69 Å². The maximum absolute atomic E-state index is 9.11. The van der Waals surface area contributed by atoms with E-state index in [2.05, 4.69) is 22.3 Å². The van der Waals surface area contributed by atoms with Gasteiger partial charge >= 0.3 is 0 Å². The van der Waals surface area contributed by atoms with Crippen molar-refractivity contribution in [2.75, 3.05) is 5.75 Å². The number of aromatic nitrogens is 3. The van der Waals surface area contributed by atoms with Crippen LogP contribution in [0.2, 0.25) is 0 Å². The first-order chi connectivity index (χ1) is 10.3. The Bertz CT molecular complexity index is 666. The Labute approximate surface area is 128 Å². The third kappa shape index (κ3) is 3.84. The molecule has 2 rings (SSSR count). The molecule has 6 heteroatoms. The van der Waals surface area contributed by atoms with Crippen LogP contribution in [0.4, 0.5) is 0 Å². The van der Waals surface area contributed by atoms with Crippen molar-refractivity contribution in [3.63, 3.8) is 0 Å². The van der Waals surface area contributed by atoms with Crippen LogP contribution in [0, 0.1) is 35.5 Å². The van der Waals surface area contributed by atoms with Gasteiger partial charge in [0.05, 0.1) is 18.1 Å². The summed E-state index contributed by atoms with van der Waals surface area (Å²) in [4.78, 5) is 0. The van der Waals surface area contributed by atoms with E-state index in [1.54, 1.807) is 0 Å². The lowest BCUT2D eigenvalue weighted by Crippen LogP contribution is -2.03. The summed E-state index contributed by atoms with van der Waals surface area (Å²) in [5.74, 6) is 1.29. The van der Waals surface area contributed by atoms with E-state index in [1.807, 2.05) is 41.8 Å². The summed E-state index contributed by atoms with van der Waals surface area (Å²) in [6.07, 6.45) is 1.00. The van der Waals surface area contributed by atoms with Gasteiger partial charge in [-0.05, 0) is 25.5 Å². The van der Waals surface area contributed by atoms with Gasteiger partial charge < -0.3 is 0 Å². The molecule has 0 aliphatic heterocycles. The average molecular weight is 297 g/mol. The van der Waals surface area contributed by atoms with Gasteiger partial charge in [0.1, 0.15) is 5.82 Å². The normalized spacial score (nSPS) is 11.6. The van der Waals surface area contributed by atoms with Gasteiger partial charge in [-0.25, -0.2) is 0 Å². The third-order valence-electron chi connectivity index (χ3n) is 3.01. The topological polar surface area (TPSA) is 78.3 Å². The maximum Gasteiger partial charge on any atom is 0.195 e. The van der Waals surface area contributed by atoms with Crippen LogP contribution in [0.5, 0.6) is 0 Å². The van der Waals surface area contributed by atoms with Crippen molar-refractivity contribution in [3.05, 3.63) is 36.2 Å². The van der Waals surface area contributed by atoms with Crippen LogP contribution in [-0.4, -0.2) is 20.5 Å². The fourth-order valence-electron chi connectivity index (χ4n) is 1.91. The molecule has 0 bridgehead atoms. The summed E-state index contributed by atoms with van der Waals surface area (Å²) in [7, 11) is 0. The summed E-state index contributed by atoms with van der Waals surface area (Å²) in [5.41, 5.74) is 1.01. The van der Waals surface area contributed by atoms with E-state index in [9.17, 15) is 0 Å². The van der Waals surface area contributed by atoms with Crippen LogP contribution in [0.15, 0.2) is 35.5 Å². The predicted molar refractivity (Wildman–Crippen MR) is 80.8 cm³/mol. The molecule has 5 nitrogen and oxygen atoms in total. The van der Waals surface area contributed by atoms with Crippen LogP contribution in [-0.2, 0) is 0 Å². The lowest BCUT2D eigenvalue weighted by molar-refractivity contribution is 0.683. The van der Waals surface area contributed by atoms with E-state index in [4.69, 9.17) is 10.5 Å². The fraction of sp³-hybridized carbons (Fsp3) is 0.333. The minimum Gasteiger partial charge on any atom is -0.274 e. The van der Waals surface area contributed by atoms with Crippen molar-refractivity contribution >= 4 is 11.8 Å². The molecule has 0 N–H and O–H groups in total. The minimum absolute atomic E-state index is 0.143. The molecule has 0 fully saturated rings. The van der Waals surface area contributed by atoms with Crippen molar-refractivity contribution in [1.82, 2.24) is 14.8 Å². The van der Waals surface area contributed by atoms with Crippen molar-refractivity contribution in [1.29, 1.82) is 10.5 Å². The van der Waals surface area contributed by atoms with Gasteiger partial charge in [-0.15, -0.1) is 10.2 Å². The largest absolute Gasteiger partial charge is 0.274 e. The molecule has 0 unspecified atom stereocenters. The molecule has 1 aromatic carbocycles. The zero-order chi connectivity index (χ0) is 15.1. The summed E-state index contributed by atoms with van der Waals surface area (Å²) in [6.45, 7) is 1.90. The molecule has 21 heavy (non-hydrogen) atoms. The van der Waals surface area contributed by atoms with Gasteiger partial charge in [-0.1, -0.05) is 30.0 Å². The van der Waals surface area contributed by atoms with Gasteiger partial charge in [0, 0.05) is 17.9 Å². The van der Waals surface area contributed by atoms with Crippen molar-refractivity contribution in [2.24, 2.45) is 5.92 Å². The van der Waals surface area contributed by atoms with Crippen molar-refractivity contribution in [3.8, 4) is 17.8 Å². The lowest BCUT2D eigenvalue weighted by Gasteiger charge is -2.09. The average Bonchev–Trinajstić information content (AvgIpc) is 2.89. The Morgan fingerprint density at radius 1 is 1.24 bits per heavy atom. The Balaban J connectivity index is 2.12. The zero-order valence-electron chi connectivity index (χ0n) is 11.7. The van der Waals surface area contributed by atoms with E-state index in [1.165, 1.54) is 11.8 Å². The fourth-order valence-corrected chi connectivity index (χ4v) is 2.97. The molecule has 0 amide bonds. The Morgan fingerprint density at radius 3 is 2.67 bits per heavy atom. The summed E-state index contributed by atoms with van der Waals surface area (Å²) < 4.78 is 1.98. The van der Waals surface area contributed by atoms with Gasteiger partial charge in [0.15, 0.2) is 5.16 Å². The van der Waals surface area contributed by atoms with E-state index in [-0.39, 0.29) is 5.92 Å². The first-order valence-corrected chi connectivity index (χ1v) is 7.61. The Hall–Kier alpha value is -2.31. The van der Waals surface area contributed by atoms with Crippen molar-refractivity contribution in [2.45, 2.75) is 24.9 Å². The number of nitrogens with zero attached hydrogens (tertiary/aromatic N) is 5. The smallest absolute Gasteiger partial charge is 0.195 e. The number of hydrogen-bond donors (Lipinski definition) is 0. The van der Waals surface area contributed by atoms with Crippen molar-refractivity contribution < 1.29 is 0 Å². The lowest BCUT2D eigenvalue weighted by atomic mass is 10.1. The molecule has 0 aliphatic rings. The Kier molecular flexibility index (Phi) is 5.36. The highest BCUT2D eigenvalue weighted by atomic mass is 32.2. The third-order valence-corrected chi connectivity index (χ3v) is 4.10. The molecule has 1 atom stereocenters. The second-order valence-corrected chi connectivity index (χ2v) is 5.52. The predicted octanol–water partition coefficient (Wildman–Crippen LogP) is 3.11. The van der Waals surface area contributed by atoms with Crippen LogP contribution < -0.4 is 0 Å². The monoisotopic (exact) mass is 297 g/mol. The second kappa shape index (κ2) is 7.47. The number of thioether (sulfide) groups is 1. The first-order valence-electron chi connectivity index (χ1n) is 6.63. The number of para-hydroxylation sites is 1. The molecular weight excluding hydrogens is 282 g/mol. The number of hydrogen-bond acceptors (Lipinski definition) is 5. The summed E-state index contributed by atoms with van der Waals surface area (Å²) >= 11 is 1.50. The van der Waals surface area contributed by atoms with Gasteiger partial charge in [0.25, 0.3) is 0 Å². The maximum atomic E-state index is 9.11. The molecule has 1 heterocycles. The highest BCUT2D eigenvalue weighted by molar-refractivity contribution is 7.99. The van der Waals surface area contributed by atoms with Gasteiger partial charge in [-0.2, -0.15) is 10.5 Å². The summed E-state index contributed by atoms with van der Waals surface area (Å²) in [5, 5.41) is 26.8. The first kappa shape index (κ1) is 15.1.